The van der Waals surface area contributed by atoms with Crippen LogP contribution in [0.5, 0.6) is 0 Å². The van der Waals surface area contributed by atoms with Crippen molar-refractivity contribution in [2.24, 2.45) is 5.92 Å². The Morgan fingerprint density at radius 3 is 2.65 bits per heavy atom. The lowest BCUT2D eigenvalue weighted by atomic mass is 9.93. The van der Waals surface area contributed by atoms with Gasteiger partial charge >= 0.3 is 0 Å². The minimum Gasteiger partial charge on any atom is -0.381 e. The highest BCUT2D eigenvalue weighted by atomic mass is 16.6. The Morgan fingerprint density at radius 1 is 1.40 bits per heavy atom. The first-order valence-electron chi connectivity index (χ1n) is 6.78. The van der Waals surface area contributed by atoms with E-state index in [1.54, 1.807) is 7.05 Å². The Morgan fingerprint density at radius 2 is 2.05 bits per heavy atom. The molecule has 0 radical (unpaired) electrons. The number of ether oxygens (including phenoxy) is 1. The van der Waals surface area contributed by atoms with Gasteiger partial charge in [-0.15, -0.1) is 0 Å². The lowest BCUT2D eigenvalue weighted by Gasteiger charge is -2.28. The van der Waals surface area contributed by atoms with Gasteiger partial charge in [-0.3, -0.25) is 10.1 Å². The van der Waals surface area contributed by atoms with E-state index in [4.69, 9.17) is 4.74 Å². The number of nitrogens with zero attached hydrogens (tertiary/aromatic N) is 2. The number of rotatable bonds is 5. The van der Waals surface area contributed by atoms with Gasteiger partial charge in [-0.25, -0.2) is 4.98 Å². The highest BCUT2D eigenvalue weighted by molar-refractivity contribution is 5.54. The minimum absolute atomic E-state index is 0.0334. The first kappa shape index (κ1) is 14.5. The number of hydrogen-bond donors (Lipinski definition) is 2. The largest absolute Gasteiger partial charge is 0.381 e. The zero-order valence-electron chi connectivity index (χ0n) is 11.8. The maximum atomic E-state index is 10.9. The third kappa shape index (κ3) is 3.57. The number of nitrogens with one attached hydrogen (secondary N) is 2. The minimum atomic E-state index is -0.410. The molecule has 1 unspecified atom stereocenters. The van der Waals surface area contributed by atoms with Crippen molar-refractivity contribution in [2.75, 3.05) is 30.9 Å². The molecule has 2 heterocycles. The third-order valence-electron chi connectivity index (χ3n) is 3.63. The van der Waals surface area contributed by atoms with Crippen LogP contribution < -0.4 is 10.6 Å². The van der Waals surface area contributed by atoms with Gasteiger partial charge in [0.25, 0.3) is 5.69 Å². The predicted octanol–water partition coefficient (Wildman–Crippen LogP) is 2.26. The first-order valence-corrected chi connectivity index (χ1v) is 6.78. The van der Waals surface area contributed by atoms with Gasteiger partial charge < -0.3 is 15.4 Å². The summed E-state index contributed by atoms with van der Waals surface area (Å²) in [5.74, 6) is 1.52. The molecular weight excluding hydrogens is 260 g/mol. The molecular formula is C13H20N4O3. The highest BCUT2D eigenvalue weighted by Crippen LogP contribution is 2.24. The van der Waals surface area contributed by atoms with Gasteiger partial charge in [0.1, 0.15) is 11.6 Å². The van der Waals surface area contributed by atoms with Gasteiger partial charge in [0.2, 0.25) is 0 Å². The standard InChI is InChI=1S/C13H20N4O3/c1-9(10-3-5-20-6-4-10)15-13-8-11(17(18)19)7-12(14-2)16-13/h7-10H,3-6H2,1-2H3,(H2,14,15,16). The van der Waals surface area contributed by atoms with Gasteiger partial charge in [-0.2, -0.15) is 0 Å². The zero-order valence-corrected chi connectivity index (χ0v) is 11.8. The molecule has 7 heteroatoms. The van der Waals surface area contributed by atoms with Crippen molar-refractivity contribution >= 4 is 17.3 Å². The quantitative estimate of drug-likeness (QED) is 0.635. The SMILES string of the molecule is CNc1cc([N+](=O)[O-])cc(NC(C)C2CCOCC2)n1. The molecule has 2 rings (SSSR count). The van der Waals surface area contributed by atoms with E-state index in [1.165, 1.54) is 12.1 Å². The summed E-state index contributed by atoms with van der Waals surface area (Å²) in [5, 5.41) is 17.0. The molecule has 1 aromatic rings. The fraction of sp³-hybridized carbons (Fsp3) is 0.615. The van der Waals surface area contributed by atoms with E-state index >= 15 is 0 Å². The van der Waals surface area contributed by atoms with E-state index in [2.05, 4.69) is 22.5 Å². The van der Waals surface area contributed by atoms with Crippen LogP contribution in [-0.4, -0.2) is 36.2 Å². The Labute approximate surface area is 117 Å². The number of nitro groups is 1. The second-order valence-corrected chi connectivity index (χ2v) is 4.99. The van der Waals surface area contributed by atoms with Crippen molar-refractivity contribution in [1.82, 2.24) is 4.98 Å². The van der Waals surface area contributed by atoms with Crippen molar-refractivity contribution < 1.29 is 9.66 Å². The summed E-state index contributed by atoms with van der Waals surface area (Å²) >= 11 is 0. The summed E-state index contributed by atoms with van der Waals surface area (Å²) in [4.78, 5) is 14.8. The van der Waals surface area contributed by atoms with Crippen LogP contribution in [0.25, 0.3) is 0 Å². The summed E-state index contributed by atoms with van der Waals surface area (Å²) in [7, 11) is 1.69. The van der Waals surface area contributed by atoms with Crippen molar-refractivity contribution in [3.05, 3.63) is 22.2 Å². The van der Waals surface area contributed by atoms with Crippen LogP contribution in [0, 0.1) is 16.0 Å². The van der Waals surface area contributed by atoms with Gasteiger partial charge in [0, 0.05) is 26.3 Å². The van der Waals surface area contributed by atoms with E-state index in [0.717, 1.165) is 26.1 Å². The average Bonchev–Trinajstić information content (AvgIpc) is 2.47. The van der Waals surface area contributed by atoms with Crippen LogP contribution >= 0.6 is 0 Å². The zero-order chi connectivity index (χ0) is 14.5. The summed E-state index contributed by atoms with van der Waals surface area (Å²) in [5.41, 5.74) is 0.0334. The second-order valence-electron chi connectivity index (χ2n) is 4.99. The van der Waals surface area contributed by atoms with Gasteiger partial charge in [-0.05, 0) is 25.7 Å². The van der Waals surface area contributed by atoms with Gasteiger partial charge in [0.05, 0.1) is 17.1 Å². The molecule has 1 atom stereocenters. The van der Waals surface area contributed by atoms with Crippen molar-refractivity contribution in [2.45, 2.75) is 25.8 Å². The molecule has 1 aromatic heterocycles. The molecule has 0 spiro atoms. The number of anilines is 2. The molecule has 0 aliphatic carbocycles. The third-order valence-corrected chi connectivity index (χ3v) is 3.63. The van der Waals surface area contributed by atoms with Crippen LogP contribution in [0.4, 0.5) is 17.3 Å². The Kier molecular flexibility index (Phi) is 4.73. The first-order chi connectivity index (χ1) is 9.60. The average molecular weight is 280 g/mol. The van der Waals surface area contributed by atoms with Crippen molar-refractivity contribution in [3.8, 4) is 0 Å². The molecule has 1 aliphatic heterocycles. The molecule has 0 aromatic carbocycles. The van der Waals surface area contributed by atoms with E-state index in [9.17, 15) is 10.1 Å². The van der Waals surface area contributed by atoms with Crippen LogP contribution in [0.15, 0.2) is 12.1 Å². The summed E-state index contributed by atoms with van der Waals surface area (Å²) in [6, 6.07) is 3.10. The van der Waals surface area contributed by atoms with Crippen molar-refractivity contribution in [3.63, 3.8) is 0 Å². The molecule has 0 saturated carbocycles. The van der Waals surface area contributed by atoms with Crippen LogP contribution in [0.3, 0.4) is 0 Å². The fourth-order valence-electron chi connectivity index (χ4n) is 2.39. The topological polar surface area (TPSA) is 89.3 Å². The van der Waals surface area contributed by atoms with E-state index in [-0.39, 0.29) is 11.7 Å². The van der Waals surface area contributed by atoms with Crippen molar-refractivity contribution in [1.29, 1.82) is 0 Å². The van der Waals surface area contributed by atoms with E-state index in [0.29, 0.717) is 17.6 Å². The molecule has 0 amide bonds. The molecule has 2 N–H and O–H groups in total. The van der Waals surface area contributed by atoms with Crippen LogP contribution in [0.2, 0.25) is 0 Å². The van der Waals surface area contributed by atoms with Crippen LogP contribution in [-0.2, 0) is 4.74 Å². The molecule has 7 nitrogen and oxygen atoms in total. The monoisotopic (exact) mass is 280 g/mol. The number of pyridine rings is 1. The predicted molar refractivity (Wildman–Crippen MR) is 77.1 cm³/mol. The number of aromatic nitrogens is 1. The smallest absolute Gasteiger partial charge is 0.276 e. The molecule has 110 valence electrons. The Bertz CT molecular complexity index is 475. The lowest BCUT2D eigenvalue weighted by molar-refractivity contribution is -0.384. The van der Waals surface area contributed by atoms with Gasteiger partial charge in [-0.1, -0.05) is 0 Å². The summed E-state index contributed by atoms with van der Waals surface area (Å²) < 4.78 is 5.34. The maximum absolute atomic E-state index is 10.9. The molecule has 0 bridgehead atoms. The Balaban J connectivity index is 2.11. The summed E-state index contributed by atoms with van der Waals surface area (Å²) in [6.45, 7) is 3.64. The highest BCUT2D eigenvalue weighted by Gasteiger charge is 2.21. The maximum Gasteiger partial charge on any atom is 0.276 e. The van der Waals surface area contributed by atoms with Gasteiger partial charge in [0.15, 0.2) is 0 Å². The molecule has 1 fully saturated rings. The number of hydrogen-bond acceptors (Lipinski definition) is 6. The van der Waals surface area contributed by atoms with E-state index < -0.39 is 4.92 Å². The molecule has 1 aliphatic rings. The van der Waals surface area contributed by atoms with Crippen LogP contribution in [0.1, 0.15) is 19.8 Å². The Hall–Kier alpha value is -1.89. The van der Waals surface area contributed by atoms with E-state index in [1.807, 2.05) is 0 Å². The fourth-order valence-corrected chi connectivity index (χ4v) is 2.39. The second kappa shape index (κ2) is 6.51. The summed E-state index contributed by atoms with van der Waals surface area (Å²) in [6.07, 6.45) is 2.00. The normalized spacial score (nSPS) is 17.5. The lowest BCUT2D eigenvalue weighted by Crippen LogP contribution is -2.31. The molecule has 1 saturated heterocycles. The molecule has 20 heavy (non-hydrogen) atoms.